The minimum atomic E-state index is 0.0907. The molecule has 2 unspecified atom stereocenters. The smallest absolute Gasteiger partial charge is 0.232 e. The number of amides is 1. The van der Waals surface area contributed by atoms with E-state index in [-0.39, 0.29) is 11.2 Å². The second-order valence-corrected chi connectivity index (χ2v) is 5.85. The molecule has 1 amide bonds. The minimum Gasteiger partial charge on any atom is -0.354 e. The van der Waals surface area contributed by atoms with E-state index in [1.807, 2.05) is 6.92 Å². The van der Waals surface area contributed by atoms with E-state index in [4.69, 9.17) is 0 Å². The Balaban J connectivity index is 2.08. The number of carbonyl (C=O) groups excluding carboxylic acids is 1. The molecule has 1 aliphatic rings. The van der Waals surface area contributed by atoms with Crippen molar-refractivity contribution in [3.63, 3.8) is 0 Å². The van der Waals surface area contributed by atoms with Crippen molar-refractivity contribution in [2.75, 3.05) is 18.8 Å². The Kier molecular flexibility index (Phi) is 6.88. The first-order valence-electron chi connectivity index (χ1n) is 6.36. The molecule has 1 fully saturated rings. The molecule has 0 bridgehead atoms. The lowest BCUT2D eigenvalue weighted by Crippen LogP contribution is -2.40. The van der Waals surface area contributed by atoms with Crippen LogP contribution in [0, 0.1) is 0 Å². The largest absolute Gasteiger partial charge is 0.354 e. The first-order chi connectivity index (χ1) is 7.74. The van der Waals surface area contributed by atoms with Gasteiger partial charge in [-0.1, -0.05) is 13.3 Å². The highest BCUT2D eigenvalue weighted by Gasteiger charge is 2.17. The maximum atomic E-state index is 11.7. The van der Waals surface area contributed by atoms with Gasteiger partial charge in [0, 0.05) is 12.6 Å². The first kappa shape index (κ1) is 13.8. The van der Waals surface area contributed by atoms with Crippen molar-refractivity contribution in [3.8, 4) is 0 Å². The van der Waals surface area contributed by atoms with Crippen molar-refractivity contribution in [3.05, 3.63) is 0 Å². The number of rotatable bonds is 7. The molecule has 0 aromatic rings. The zero-order valence-electron chi connectivity index (χ0n) is 10.4. The van der Waals surface area contributed by atoms with Crippen LogP contribution in [0.15, 0.2) is 0 Å². The molecule has 0 aromatic carbocycles. The molecule has 16 heavy (non-hydrogen) atoms. The van der Waals surface area contributed by atoms with E-state index in [2.05, 4.69) is 17.6 Å². The molecule has 4 heteroatoms. The Hall–Kier alpha value is -0.220. The summed E-state index contributed by atoms with van der Waals surface area (Å²) in [6.07, 6.45) is 4.83. The molecule has 0 aromatic heterocycles. The Morgan fingerprint density at radius 2 is 2.44 bits per heavy atom. The molecule has 1 rings (SSSR count). The third-order valence-corrected chi connectivity index (χ3v) is 4.16. The molecule has 1 saturated heterocycles. The molecule has 0 aliphatic carbocycles. The number of thioether (sulfide) groups is 1. The van der Waals surface area contributed by atoms with E-state index in [9.17, 15) is 4.79 Å². The second kappa shape index (κ2) is 7.96. The van der Waals surface area contributed by atoms with E-state index in [1.54, 1.807) is 11.8 Å². The van der Waals surface area contributed by atoms with E-state index >= 15 is 0 Å². The summed E-state index contributed by atoms with van der Waals surface area (Å²) in [6.45, 7) is 6.06. The zero-order chi connectivity index (χ0) is 11.8. The van der Waals surface area contributed by atoms with Crippen LogP contribution < -0.4 is 10.6 Å². The number of unbranched alkanes of at least 4 members (excludes halogenated alkanes) is 1. The predicted molar refractivity (Wildman–Crippen MR) is 70.9 cm³/mol. The summed E-state index contributed by atoms with van der Waals surface area (Å²) in [7, 11) is 0. The summed E-state index contributed by atoms with van der Waals surface area (Å²) in [5, 5.41) is 6.50. The Bertz CT molecular complexity index is 205. The van der Waals surface area contributed by atoms with Gasteiger partial charge in [-0.15, -0.1) is 11.8 Å². The topological polar surface area (TPSA) is 41.1 Å². The lowest BCUT2D eigenvalue weighted by molar-refractivity contribution is -0.120. The molecule has 3 nitrogen and oxygen atoms in total. The van der Waals surface area contributed by atoms with Gasteiger partial charge < -0.3 is 10.6 Å². The summed E-state index contributed by atoms with van der Waals surface area (Å²) in [5.41, 5.74) is 0. The highest BCUT2D eigenvalue weighted by molar-refractivity contribution is 8.00. The third-order valence-electron chi connectivity index (χ3n) is 2.92. The Morgan fingerprint density at radius 3 is 3.06 bits per heavy atom. The van der Waals surface area contributed by atoms with Gasteiger partial charge in [-0.3, -0.25) is 4.79 Å². The van der Waals surface area contributed by atoms with Gasteiger partial charge in [-0.25, -0.2) is 0 Å². The number of nitrogens with one attached hydrogen (secondary N) is 2. The molecule has 0 radical (unpaired) electrons. The highest BCUT2D eigenvalue weighted by Crippen LogP contribution is 2.12. The number of hydrogen-bond acceptors (Lipinski definition) is 3. The maximum absolute atomic E-state index is 11.7. The van der Waals surface area contributed by atoms with Gasteiger partial charge in [-0.05, 0) is 38.5 Å². The summed E-state index contributed by atoms with van der Waals surface area (Å²) in [4.78, 5) is 11.7. The fourth-order valence-corrected chi connectivity index (χ4v) is 2.82. The van der Waals surface area contributed by atoms with Crippen molar-refractivity contribution in [2.45, 2.75) is 50.8 Å². The van der Waals surface area contributed by atoms with Crippen LogP contribution in [-0.2, 0) is 4.79 Å². The maximum Gasteiger partial charge on any atom is 0.232 e. The minimum absolute atomic E-state index is 0.0907. The molecular weight excluding hydrogens is 220 g/mol. The average Bonchev–Trinajstić information content (AvgIpc) is 2.79. The molecule has 2 N–H and O–H groups in total. The van der Waals surface area contributed by atoms with Crippen molar-refractivity contribution in [1.82, 2.24) is 10.6 Å². The monoisotopic (exact) mass is 244 g/mol. The van der Waals surface area contributed by atoms with E-state index in [0.717, 1.165) is 18.8 Å². The molecule has 1 aliphatic heterocycles. The van der Waals surface area contributed by atoms with Gasteiger partial charge in [0.1, 0.15) is 0 Å². The van der Waals surface area contributed by atoms with Gasteiger partial charge in [0.15, 0.2) is 0 Å². The first-order valence-corrected chi connectivity index (χ1v) is 7.41. The SMILES string of the molecule is CCCCSC(C)C(=O)NCC1CCCN1. The molecule has 2 atom stereocenters. The molecule has 94 valence electrons. The summed E-state index contributed by atoms with van der Waals surface area (Å²) in [5.74, 6) is 1.28. The van der Waals surface area contributed by atoms with E-state index < -0.39 is 0 Å². The van der Waals surface area contributed by atoms with Gasteiger partial charge >= 0.3 is 0 Å². The van der Waals surface area contributed by atoms with Gasteiger partial charge in [0.05, 0.1) is 5.25 Å². The van der Waals surface area contributed by atoms with Crippen LogP contribution in [0.5, 0.6) is 0 Å². The van der Waals surface area contributed by atoms with E-state index in [1.165, 1.54) is 25.7 Å². The van der Waals surface area contributed by atoms with E-state index in [0.29, 0.717) is 6.04 Å². The van der Waals surface area contributed by atoms with Crippen molar-refractivity contribution >= 4 is 17.7 Å². The Labute approximate surface area is 103 Å². The highest BCUT2D eigenvalue weighted by atomic mass is 32.2. The molecule has 0 spiro atoms. The predicted octanol–water partition coefficient (Wildman–Crippen LogP) is 1.78. The normalized spacial score (nSPS) is 22.0. The average molecular weight is 244 g/mol. The van der Waals surface area contributed by atoms with Crippen LogP contribution in [0.25, 0.3) is 0 Å². The fourth-order valence-electron chi connectivity index (χ4n) is 1.78. The summed E-state index contributed by atoms with van der Waals surface area (Å²) < 4.78 is 0. The van der Waals surface area contributed by atoms with Crippen LogP contribution in [0.1, 0.15) is 39.5 Å². The van der Waals surface area contributed by atoms with Crippen LogP contribution >= 0.6 is 11.8 Å². The number of hydrogen-bond donors (Lipinski definition) is 2. The lowest BCUT2D eigenvalue weighted by Gasteiger charge is -2.15. The van der Waals surface area contributed by atoms with Gasteiger partial charge in [0.2, 0.25) is 5.91 Å². The van der Waals surface area contributed by atoms with Crippen LogP contribution in [0.2, 0.25) is 0 Å². The molecule has 0 saturated carbocycles. The van der Waals surface area contributed by atoms with Crippen LogP contribution in [0.4, 0.5) is 0 Å². The zero-order valence-corrected chi connectivity index (χ0v) is 11.2. The summed E-state index contributed by atoms with van der Waals surface area (Å²) in [6, 6.07) is 0.497. The molecular formula is C12H24N2OS. The Morgan fingerprint density at radius 1 is 1.62 bits per heavy atom. The van der Waals surface area contributed by atoms with Crippen molar-refractivity contribution in [1.29, 1.82) is 0 Å². The molecule has 1 heterocycles. The van der Waals surface area contributed by atoms with Crippen LogP contribution in [-0.4, -0.2) is 36.0 Å². The standard InChI is InChI=1S/C12H24N2OS/c1-3-4-8-16-10(2)12(15)14-9-11-6-5-7-13-11/h10-11,13H,3-9H2,1-2H3,(H,14,15). The van der Waals surface area contributed by atoms with Gasteiger partial charge in [-0.2, -0.15) is 0 Å². The van der Waals surface area contributed by atoms with Gasteiger partial charge in [0.25, 0.3) is 0 Å². The number of carbonyl (C=O) groups is 1. The third kappa shape index (κ3) is 5.21. The quantitative estimate of drug-likeness (QED) is 0.671. The second-order valence-electron chi connectivity index (χ2n) is 4.41. The summed E-state index contributed by atoms with van der Waals surface area (Å²) >= 11 is 1.76. The van der Waals surface area contributed by atoms with Crippen LogP contribution in [0.3, 0.4) is 0 Å². The lowest BCUT2D eigenvalue weighted by atomic mass is 10.2. The fraction of sp³-hybridized carbons (Fsp3) is 0.917. The van der Waals surface area contributed by atoms with Crippen molar-refractivity contribution < 1.29 is 4.79 Å². The van der Waals surface area contributed by atoms with Crippen molar-refractivity contribution in [2.24, 2.45) is 0 Å².